The Morgan fingerprint density at radius 2 is 1.86 bits per heavy atom. The van der Waals surface area contributed by atoms with Gasteiger partial charge in [0, 0.05) is 5.56 Å². The first-order valence-corrected chi connectivity index (χ1v) is 9.60. The van der Waals surface area contributed by atoms with Gasteiger partial charge in [-0.1, -0.05) is 41.2 Å². The SMILES string of the molecule is CSc1nc(OCc2nc(-c3cccc(C(F)(F)F)c3)no2)c2ccccc2n1. The Labute approximate surface area is 167 Å². The monoisotopic (exact) mass is 418 g/mol. The first kappa shape index (κ1) is 19.2. The third kappa shape index (κ3) is 4.16. The van der Waals surface area contributed by atoms with Crippen LogP contribution in [0, 0.1) is 0 Å². The van der Waals surface area contributed by atoms with E-state index in [2.05, 4.69) is 20.1 Å². The van der Waals surface area contributed by atoms with E-state index in [1.807, 2.05) is 30.5 Å². The van der Waals surface area contributed by atoms with Crippen molar-refractivity contribution in [3.63, 3.8) is 0 Å². The summed E-state index contributed by atoms with van der Waals surface area (Å²) in [5.41, 5.74) is 0.152. The number of thioether (sulfide) groups is 1. The van der Waals surface area contributed by atoms with Gasteiger partial charge in [0.25, 0.3) is 5.89 Å². The van der Waals surface area contributed by atoms with Gasteiger partial charge in [-0.15, -0.1) is 0 Å². The third-order valence-electron chi connectivity index (χ3n) is 3.98. The number of alkyl halides is 3. The van der Waals surface area contributed by atoms with E-state index in [0.29, 0.717) is 11.0 Å². The lowest BCUT2D eigenvalue weighted by Crippen LogP contribution is -2.04. The molecule has 0 saturated heterocycles. The molecular formula is C19H13F3N4O2S. The average molecular weight is 418 g/mol. The average Bonchev–Trinajstić information content (AvgIpc) is 3.20. The summed E-state index contributed by atoms with van der Waals surface area (Å²) in [4.78, 5) is 12.9. The van der Waals surface area contributed by atoms with Crippen molar-refractivity contribution in [3.05, 3.63) is 60.0 Å². The molecule has 0 unspecified atom stereocenters. The fourth-order valence-corrected chi connectivity index (χ4v) is 2.99. The van der Waals surface area contributed by atoms with Gasteiger partial charge in [-0.25, -0.2) is 4.98 Å². The minimum Gasteiger partial charge on any atom is -0.467 e. The molecule has 0 aliphatic heterocycles. The first-order chi connectivity index (χ1) is 13.9. The van der Waals surface area contributed by atoms with E-state index in [9.17, 15) is 13.2 Å². The van der Waals surface area contributed by atoms with Crippen molar-refractivity contribution in [3.8, 4) is 17.3 Å². The summed E-state index contributed by atoms with van der Waals surface area (Å²) in [5, 5.41) is 5.02. The van der Waals surface area contributed by atoms with Crippen LogP contribution in [0.2, 0.25) is 0 Å². The Bertz CT molecular complexity index is 1160. The van der Waals surface area contributed by atoms with Gasteiger partial charge < -0.3 is 9.26 Å². The van der Waals surface area contributed by atoms with Gasteiger partial charge in [-0.3, -0.25) is 0 Å². The molecule has 2 aromatic carbocycles. The lowest BCUT2D eigenvalue weighted by atomic mass is 10.1. The highest BCUT2D eigenvalue weighted by molar-refractivity contribution is 7.98. The molecule has 6 nitrogen and oxygen atoms in total. The molecule has 0 spiro atoms. The van der Waals surface area contributed by atoms with Gasteiger partial charge >= 0.3 is 6.18 Å². The van der Waals surface area contributed by atoms with E-state index in [0.717, 1.165) is 23.0 Å². The number of benzene rings is 2. The van der Waals surface area contributed by atoms with E-state index in [1.165, 1.54) is 23.9 Å². The predicted octanol–water partition coefficient (Wildman–Crippen LogP) is 5.00. The zero-order valence-electron chi connectivity index (χ0n) is 15.0. The molecule has 0 amide bonds. The quantitative estimate of drug-likeness (QED) is 0.334. The Balaban J connectivity index is 1.56. The predicted molar refractivity (Wildman–Crippen MR) is 100 cm³/mol. The van der Waals surface area contributed by atoms with Crippen molar-refractivity contribution in [2.45, 2.75) is 17.9 Å². The van der Waals surface area contributed by atoms with Gasteiger partial charge in [0.05, 0.1) is 16.5 Å². The fraction of sp³-hybridized carbons (Fsp3) is 0.158. The maximum atomic E-state index is 12.9. The summed E-state index contributed by atoms with van der Waals surface area (Å²) in [6.45, 7) is -0.0825. The van der Waals surface area contributed by atoms with Crippen LogP contribution in [0.5, 0.6) is 5.88 Å². The maximum Gasteiger partial charge on any atom is 0.416 e. The smallest absolute Gasteiger partial charge is 0.416 e. The number of para-hydroxylation sites is 1. The van der Waals surface area contributed by atoms with Crippen LogP contribution in [0.1, 0.15) is 11.5 Å². The van der Waals surface area contributed by atoms with Crippen molar-refractivity contribution in [1.29, 1.82) is 0 Å². The van der Waals surface area contributed by atoms with Gasteiger partial charge in [-0.05, 0) is 30.5 Å². The lowest BCUT2D eigenvalue weighted by Gasteiger charge is -2.07. The Morgan fingerprint density at radius 3 is 2.66 bits per heavy atom. The van der Waals surface area contributed by atoms with Crippen LogP contribution < -0.4 is 4.74 Å². The van der Waals surface area contributed by atoms with E-state index < -0.39 is 11.7 Å². The second kappa shape index (κ2) is 7.70. The lowest BCUT2D eigenvalue weighted by molar-refractivity contribution is -0.137. The number of ether oxygens (including phenoxy) is 1. The zero-order valence-corrected chi connectivity index (χ0v) is 15.8. The Morgan fingerprint density at radius 1 is 1.03 bits per heavy atom. The van der Waals surface area contributed by atoms with Crippen molar-refractivity contribution < 1.29 is 22.4 Å². The topological polar surface area (TPSA) is 73.9 Å². The molecule has 0 aliphatic rings. The molecule has 148 valence electrons. The van der Waals surface area contributed by atoms with Crippen molar-refractivity contribution in [2.24, 2.45) is 0 Å². The molecule has 0 saturated carbocycles. The summed E-state index contributed by atoms with van der Waals surface area (Å²) in [6.07, 6.45) is -2.60. The summed E-state index contributed by atoms with van der Waals surface area (Å²) >= 11 is 1.38. The molecule has 4 rings (SSSR count). The molecular weight excluding hydrogens is 405 g/mol. The molecule has 0 fully saturated rings. The van der Waals surface area contributed by atoms with Gasteiger partial charge in [0.1, 0.15) is 0 Å². The van der Waals surface area contributed by atoms with Crippen LogP contribution in [0.25, 0.3) is 22.3 Å². The van der Waals surface area contributed by atoms with Crippen LogP contribution >= 0.6 is 11.8 Å². The summed E-state index contributed by atoms with van der Waals surface area (Å²) in [7, 11) is 0. The van der Waals surface area contributed by atoms with Crippen molar-refractivity contribution >= 4 is 22.7 Å². The minimum absolute atomic E-state index is 0.0482. The van der Waals surface area contributed by atoms with Gasteiger partial charge in [0.2, 0.25) is 11.7 Å². The van der Waals surface area contributed by atoms with Crippen LogP contribution in [-0.4, -0.2) is 26.4 Å². The number of fused-ring (bicyclic) bond motifs is 1. The normalized spacial score (nSPS) is 11.7. The maximum absolute atomic E-state index is 12.9. The number of hydrogen-bond donors (Lipinski definition) is 0. The standard InChI is InChI=1S/C19H13F3N4O2S/c1-29-18-23-14-8-3-2-7-13(14)17(25-18)27-10-15-24-16(26-28-15)11-5-4-6-12(9-11)19(20,21)22/h2-9H,10H2,1H3. The van der Waals surface area contributed by atoms with E-state index in [-0.39, 0.29) is 23.9 Å². The highest BCUT2D eigenvalue weighted by Gasteiger charge is 2.30. The molecule has 10 heteroatoms. The molecule has 29 heavy (non-hydrogen) atoms. The zero-order chi connectivity index (χ0) is 20.4. The molecule has 2 aromatic heterocycles. The van der Waals surface area contributed by atoms with E-state index in [4.69, 9.17) is 9.26 Å². The highest BCUT2D eigenvalue weighted by Crippen LogP contribution is 2.31. The fourth-order valence-electron chi connectivity index (χ4n) is 2.62. The summed E-state index contributed by atoms with van der Waals surface area (Å²) in [6, 6.07) is 12.1. The number of halogens is 3. The molecule has 2 heterocycles. The van der Waals surface area contributed by atoms with Crippen LogP contribution in [0.3, 0.4) is 0 Å². The second-order valence-corrected chi connectivity index (χ2v) is 6.68. The molecule has 4 aromatic rings. The summed E-state index contributed by atoms with van der Waals surface area (Å²) < 4.78 is 49.5. The van der Waals surface area contributed by atoms with E-state index >= 15 is 0 Å². The molecule has 0 radical (unpaired) electrons. The van der Waals surface area contributed by atoms with Crippen molar-refractivity contribution in [2.75, 3.05) is 6.26 Å². The molecule has 0 N–H and O–H groups in total. The Hall–Kier alpha value is -3.14. The van der Waals surface area contributed by atoms with Crippen molar-refractivity contribution in [1.82, 2.24) is 20.1 Å². The largest absolute Gasteiger partial charge is 0.467 e. The van der Waals surface area contributed by atoms with Crippen LogP contribution in [0.15, 0.2) is 58.2 Å². The first-order valence-electron chi connectivity index (χ1n) is 8.38. The number of aromatic nitrogens is 4. The minimum atomic E-state index is -4.45. The molecule has 0 atom stereocenters. The Kier molecular flexibility index (Phi) is 5.10. The van der Waals surface area contributed by atoms with Crippen LogP contribution in [0.4, 0.5) is 13.2 Å². The van der Waals surface area contributed by atoms with Gasteiger partial charge in [-0.2, -0.15) is 23.1 Å². The number of rotatable bonds is 5. The second-order valence-electron chi connectivity index (χ2n) is 5.91. The van der Waals surface area contributed by atoms with Gasteiger partial charge in [0.15, 0.2) is 11.8 Å². The van der Waals surface area contributed by atoms with E-state index in [1.54, 1.807) is 0 Å². The van der Waals surface area contributed by atoms with Crippen LogP contribution in [-0.2, 0) is 12.8 Å². The molecule has 0 aliphatic carbocycles. The third-order valence-corrected chi connectivity index (χ3v) is 4.53. The highest BCUT2D eigenvalue weighted by atomic mass is 32.2. The number of nitrogens with zero attached hydrogens (tertiary/aromatic N) is 4. The molecule has 0 bridgehead atoms. The summed E-state index contributed by atoms with van der Waals surface area (Å²) in [5.74, 6) is 0.525. The number of hydrogen-bond acceptors (Lipinski definition) is 7.